The summed E-state index contributed by atoms with van der Waals surface area (Å²) in [4.78, 5) is 17.9. The van der Waals surface area contributed by atoms with Crippen molar-refractivity contribution in [3.63, 3.8) is 0 Å². The lowest BCUT2D eigenvalue weighted by molar-refractivity contribution is 0.135. The minimum absolute atomic E-state index is 0.0484. The molecule has 1 aliphatic rings. The molecule has 0 atom stereocenters. The number of benzene rings is 1. The zero-order chi connectivity index (χ0) is 16.9. The van der Waals surface area contributed by atoms with E-state index in [-0.39, 0.29) is 11.8 Å². The summed E-state index contributed by atoms with van der Waals surface area (Å²) in [5, 5.41) is 5.02. The molecule has 1 N–H and O–H groups in total. The molecular formula is C18H22FN3OS. The Morgan fingerprint density at radius 1 is 1.25 bits per heavy atom. The van der Waals surface area contributed by atoms with E-state index in [4.69, 9.17) is 0 Å². The molecule has 1 aromatic heterocycles. The van der Waals surface area contributed by atoms with E-state index in [2.05, 4.69) is 27.7 Å². The molecule has 128 valence electrons. The van der Waals surface area contributed by atoms with Gasteiger partial charge < -0.3 is 10.2 Å². The monoisotopic (exact) mass is 347 g/mol. The average Bonchev–Trinajstić information content (AvgIpc) is 3.09. The highest BCUT2D eigenvalue weighted by Gasteiger charge is 2.21. The lowest BCUT2D eigenvalue weighted by atomic mass is 10.1. The maximum Gasteiger partial charge on any atom is 0.317 e. The normalized spacial score (nSPS) is 15.5. The molecule has 1 saturated heterocycles. The van der Waals surface area contributed by atoms with Gasteiger partial charge in [-0.1, -0.05) is 18.2 Å². The number of hydrogen-bond donors (Lipinski definition) is 1. The van der Waals surface area contributed by atoms with Crippen LogP contribution in [0.4, 0.5) is 9.18 Å². The zero-order valence-corrected chi connectivity index (χ0v) is 14.6. The van der Waals surface area contributed by atoms with Crippen LogP contribution < -0.4 is 5.32 Å². The number of carbonyl (C=O) groups is 1. The largest absolute Gasteiger partial charge is 0.334 e. The van der Waals surface area contributed by atoms with Crippen LogP contribution in [0.25, 0.3) is 0 Å². The first-order valence-electron chi connectivity index (χ1n) is 8.14. The maximum absolute atomic E-state index is 13.3. The van der Waals surface area contributed by atoms with E-state index < -0.39 is 0 Å². The van der Waals surface area contributed by atoms with Crippen LogP contribution in [0.3, 0.4) is 0 Å². The van der Waals surface area contributed by atoms with Gasteiger partial charge >= 0.3 is 6.03 Å². The highest BCUT2D eigenvalue weighted by molar-refractivity contribution is 7.09. The molecule has 0 bridgehead atoms. The van der Waals surface area contributed by atoms with Gasteiger partial charge in [-0.05, 0) is 35.6 Å². The van der Waals surface area contributed by atoms with Crippen molar-refractivity contribution in [3.05, 3.63) is 57.5 Å². The summed E-state index contributed by atoms with van der Waals surface area (Å²) < 4.78 is 13.3. The molecule has 1 aromatic carbocycles. The molecule has 2 aromatic rings. The molecule has 2 heterocycles. The molecule has 0 radical (unpaired) electrons. The Morgan fingerprint density at radius 3 is 2.71 bits per heavy atom. The molecule has 0 unspecified atom stereocenters. The summed E-state index contributed by atoms with van der Waals surface area (Å²) in [6, 6.07) is 9.10. The topological polar surface area (TPSA) is 35.6 Å². The van der Waals surface area contributed by atoms with Gasteiger partial charge in [0.1, 0.15) is 5.82 Å². The fraction of sp³-hybridized carbons (Fsp3) is 0.389. The van der Waals surface area contributed by atoms with Crippen molar-refractivity contribution in [2.24, 2.45) is 0 Å². The van der Waals surface area contributed by atoms with Gasteiger partial charge in [0.15, 0.2) is 0 Å². The van der Waals surface area contributed by atoms with Gasteiger partial charge in [-0.25, -0.2) is 9.18 Å². The predicted octanol–water partition coefficient (Wildman–Crippen LogP) is 3.22. The number of thiophene rings is 1. The molecule has 0 saturated carbocycles. The van der Waals surface area contributed by atoms with Crippen LogP contribution in [0.5, 0.6) is 0 Å². The quantitative estimate of drug-likeness (QED) is 0.922. The lowest BCUT2D eigenvalue weighted by Crippen LogP contribution is -2.51. The summed E-state index contributed by atoms with van der Waals surface area (Å²) in [6.07, 6.45) is 0. The number of halogens is 1. The Kier molecular flexibility index (Phi) is 5.48. The van der Waals surface area contributed by atoms with E-state index in [1.54, 1.807) is 30.4 Å². The number of amides is 2. The van der Waals surface area contributed by atoms with E-state index in [1.807, 2.05) is 4.90 Å². The number of hydrogen-bond acceptors (Lipinski definition) is 3. The maximum atomic E-state index is 13.3. The SMILES string of the molecule is Cc1cc(CNC(=O)N2CCN(Cc3cccs3)CC2)ccc1F. The van der Waals surface area contributed by atoms with Crippen molar-refractivity contribution in [1.82, 2.24) is 15.1 Å². The molecule has 1 aliphatic heterocycles. The highest BCUT2D eigenvalue weighted by Crippen LogP contribution is 2.14. The predicted molar refractivity (Wildman–Crippen MR) is 94.5 cm³/mol. The van der Waals surface area contributed by atoms with Crippen molar-refractivity contribution in [2.45, 2.75) is 20.0 Å². The van der Waals surface area contributed by atoms with E-state index in [0.29, 0.717) is 12.1 Å². The fourth-order valence-corrected chi connectivity index (χ4v) is 3.58. The fourth-order valence-electron chi connectivity index (χ4n) is 2.84. The van der Waals surface area contributed by atoms with Crippen LogP contribution in [-0.4, -0.2) is 42.0 Å². The summed E-state index contributed by atoms with van der Waals surface area (Å²) in [5.41, 5.74) is 1.52. The van der Waals surface area contributed by atoms with E-state index >= 15 is 0 Å². The Bertz CT molecular complexity index is 682. The second-order valence-corrected chi connectivity index (χ2v) is 7.12. The smallest absolute Gasteiger partial charge is 0.317 e. The minimum atomic E-state index is -0.216. The van der Waals surface area contributed by atoms with Gasteiger partial charge in [0, 0.05) is 44.1 Å². The van der Waals surface area contributed by atoms with Gasteiger partial charge in [0.05, 0.1) is 0 Å². The van der Waals surface area contributed by atoms with Crippen molar-refractivity contribution in [1.29, 1.82) is 0 Å². The average molecular weight is 347 g/mol. The first-order valence-corrected chi connectivity index (χ1v) is 9.02. The minimum Gasteiger partial charge on any atom is -0.334 e. The number of aryl methyl sites for hydroxylation is 1. The summed E-state index contributed by atoms with van der Waals surface area (Å²) in [6.45, 7) is 6.37. The first-order chi connectivity index (χ1) is 11.6. The third-order valence-corrected chi connectivity index (χ3v) is 5.15. The van der Waals surface area contributed by atoms with Crippen LogP contribution in [-0.2, 0) is 13.1 Å². The van der Waals surface area contributed by atoms with Crippen LogP contribution in [0.15, 0.2) is 35.7 Å². The summed E-state index contributed by atoms with van der Waals surface area (Å²) in [7, 11) is 0. The van der Waals surface area contributed by atoms with Gasteiger partial charge in [0.25, 0.3) is 0 Å². The van der Waals surface area contributed by atoms with Crippen LogP contribution in [0.1, 0.15) is 16.0 Å². The zero-order valence-electron chi connectivity index (χ0n) is 13.8. The van der Waals surface area contributed by atoms with Gasteiger partial charge in [-0.3, -0.25) is 4.90 Å². The number of piperazine rings is 1. The van der Waals surface area contributed by atoms with Crippen molar-refractivity contribution >= 4 is 17.4 Å². The third kappa shape index (κ3) is 4.33. The second-order valence-electron chi connectivity index (χ2n) is 6.08. The standard InChI is InChI=1S/C18H22FN3OS/c1-14-11-15(4-5-17(14)19)12-20-18(23)22-8-6-21(7-9-22)13-16-3-2-10-24-16/h2-5,10-11H,6-9,12-13H2,1H3,(H,20,23). The Morgan fingerprint density at radius 2 is 2.04 bits per heavy atom. The van der Waals surface area contributed by atoms with Crippen LogP contribution >= 0.6 is 11.3 Å². The Balaban J connectivity index is 1.44. The number of urea groups is 1. The summed E-state index contributed by atoms with van der Waals surface area (Å²) in [5.74, 6) is -0.216. The van der Waals surface area contributed by atoms with E-state index in [9.17, 15) is 9.18 Å². The molecule has 0 spiro atoms. The van der Waals surface area contributed by atoms with Crippen LogP contribution in [0, 0.1) is 12.7 Å². The van der Waals surface area contributed by atoms with Gasteiger partial charge in [-0.15, -0.1) is 11.3 Å². The van der Waals surface area contributed by atoms with Crippen molar-refractivity contribution in [3.8, 4) is 0 Å². The Labute approximate surface area is 145 Å². The summed E-state index contributed by atoms with van der Waals surface area (Å²) >= 11 is 1.77. The third-order valence-electron chi connectivity index (χ3n) is 4.29. The van der Waals surface area contributed by atoms with Gasteiger partial charge in [0.2, 0.25) is 0 Å². The molecule has 24 heavy (non-hydrogen) atoms. The molecule has 2 amide bonds. The molecule has 6 heteroatoms. The molecule has 4 nitrogen and oxygen atoms in total. The highest BCUT2D eigenvalue weighted by atomic mass is 32.1. The molecular weight excluding hydrogens is 325 g/mol. The molecule has 1 fully saturated rings. The lowest BCUT2D eigenvalue weighted by Gasteiger charge is -2.34. The van der Waals surface area contributed by atoms with Crippen LogP contribution in [0.2, 0.25) is 0 Å². The number of nitrogens with one attached hydrogen (secondary N) is 1. The molecule has 0 aliphatic carbocycles. The number of carbonyl (C=O) groups excluding carboxylic acids is 1. The molecule has 3 rings (SSSR count). The van der Waals surface area contributed by atoms with E-state index in [1.165, 1.54) is 10.9 Å². The van der Waals surface area contributed by atoms with E-state index in [0.717, 1.165) is 38.3 Å². The van der Waals surface area contributed by atoms with Crippen molar-refractivity contribution < 1.29 is 9.18 Å². The van der Waals surface area contributed by atoms with Crippen molar-refractivity contribution in [2.75, 3.05) is 26.2 Å². The van der Waals surface area contributed by atoms with Gasteiger partial charge in [-0.2, -0.15) is 0 Å². The second kappa shape index (κ2) is 7.77. The number of nitrogens with zero attached hydrogens (tertiary/aromatic N) is 2. The number of rotatable bonds is 4. The Hall–Kier alpha value is -1.92. The first kappa shape index (κ1) is 16.9.